The Labute approximate surface area is 136 Å². The van der Waals surface area contributed by atoms with E-state index >= 15 is 0 Å². The van der Waals surface area contributed by atoms with Crippen LogP contribution < -0.4 is 14.8 Å². The van der Waals surface area contributed by atoms with Gasteiger partial charge < -0.3 is 14.8 Å². The third kappa shape index (κ3) is 3.86. The molecule has 0 saturated heterocycles. The van der Waals surface area contributed by atoms with Crippen molar-refractivity contribution in [3.05, 3.63) is 22.7 Å². The van der Waals surface area contributed by atoms with Crippen molar-refractivity contribution in [1.29, 1.82) is 0 Å². The Kier molecular flexibility index (Phi) is 5.08. The standard InChI is InChI=1S/C17H22ClNO3/c18-14-9-12(10-15-17(14)22-8-4-7-21-15)11-16(20)19-13-5-2-1-3-6-13/h9-10,13H,1-8,11H2,(H,19,20). The highest BCUT2D eigenvalue weighted by Gasteiger charge is 2.19. The predicted octanol–water partition coefficient (Wildman–Crippen LogP) is 3.49. The Morgan fingerprint density at radius 3 is 2.73 bits per heavy atom. The van der Waals surface area contributed by atoms with Gasteiger partial charge in [0.05, 0.1) is 24.7 Å². The second-order valence-electron chi connectivity index (χ2n) is 6.03. The molecule has 1 heterocycles. The molecule has 1 amide bonds. The van der Waals surface area contributed by atoms with Gasteiger partial charge in [-0.2, -0.15) is 0 Å². The van der Waals surface area contributed by atoms with Crippen LogP contribution in [0.2, 0.25) is 5.02 Å². The van der Waals surface area contributed by atoms with E-state index in [-0.39, 0.29) is 5.91 Å². The highest BCUT2D eigenvalue weighted by Crippen LogP contribution is 2.38. The van der Waals surface area contributed by atoms with Gasteiger partial charge >= 0.3 is 0 Å². The summed E-state index contributed by atoms with van der Waals surface area (Å²) in [4.78, 5) is 12.2. The number of hydrogen-bond acceptors (Lipinski definition) is 3. The minimum atomic E-state index is 0.0532. The normalized spacial score (nSPS) is 18.6. The van der Waals surface area contributed by atoms with Crippen molar-refractivity contribution in [1.82, 2.24) is 5.32 Å². The maximum atomic E-state index is 12.2. The lowest BCUT2D eigenvalue weighted by Gasteiger charge is -2.22. The fourth-order valence-electron chi connectivity index (χ4n) is 3.10. The van der Waals surface area contributed by atoms with E-state index in [2.05, 4.69) is 5.32 Å². The number of fused-ring (bicyclic) bond motifs is 1. The molecule has 1 aliphatic heterocycles. The lowest BCUT2D eigenvalue weighted by Crippen LogP contribution is -2.37. The summed E-state index contributed by atoms with van der Waals surface area (Å²) in [6.07, 6.45) is 7.04. The predicted molar refractivity (Wildman–Crippen MR) is 85.8 cm³/mol. The van der Waals surface area contributed by atoms with E-state index in [9.17, 15) is 4.79 Å². The van der Waals surface area contributed by atoms with Crippen LogP contribution >= 0.6 is 11.6 Å². The van der Waals surface area contributed by atoms with Crippen LogP contribution in [0.5, 0.6) is 11.5 Å². The molecule has 1 N–H and O–H groups in total. The van der Waals surface area contributed by atoms with Gasteiger partial charge in [0.2, 0.25) is 5.91 Å². The molecule has 0 aromatic heterocycles. The first-order chi connectivity index (χ1) is 10.7. The first-order valence-corrected chi connectivity index (χ1v) is 8.47. The molecule has 0 atom stereocenters. The fraction of sp³-hybridized carbons (Fsp3) is 0.588. The smallest absolute Gasteiger partial charge is 0.224 e. The topological polar surface area (TPSA) is 47.6 Å². The van der Waals surface area contributed by atoms with E-state index in [4.69, 9.17) is 21.1 Å². The fourth-order valence-corrected chi connectivity index (χ4v) is 3.39. The first-order valence-electron chi connectivity index (χ1n) is 8.10. The van der Waals surface area contributed by atoms with Crippen LogP contribution in [-0.4, -0.2) is 25.2 Å². The maximum Gasteiger partial charge on any atom is 0.224 e. The molecule has 0 radical (unpaired) electrons. The van der Waals surface area contributed by atoms with Gasteiger partial charge in [-0.1, -0.05) is 30.9 Å². The average molecular weight is 324 g/mol. The van der Waals surface area contributed by atoms with Crippen molar-refractivity contribution in [2.24, 2.45) is 0 Å². The Hall–Kier alpha value is -1.42. The first kappa shape index (κ1) is 15.5. The van der Waals surface area contributed by atoms with Crippen LogP contribution in [0.4, 0.5) is 0 Å². The highest BCUT2D eigenvalue weighted by molar-refractivity contribution is 6.32. The van der Waals surface area contributed by atoms with E-state index in [1.54, 1.807) is 6.07 Å². The minimum Gasteiger partial charge on any atom is -0.489 e. The van der Waals surface area contributed by atoms with Crippen molar-refractivity contribution in [2.75, 3.05) is 13.2 Å². The maximum absolute atomic E-state index is 12.2. The Morgan fingerprint density at radius 2 is 1.91 bits per heavy atom. The monoisotopic (exact) mass is 323 g/mol. The van der Waals surface area contributed by atoms with E-state index in [1.165, 1.54) is 19.3 Å². The van der Waals surface area contributed by atoms with Gasteiger partial charge in [-0.15, -0.1) is 0 Å². The summed E-state index contributed by atoms with van der Waals surface area (Å²) in [5.74, 6) is 1.29. The number of halogens is 1. The number of carbonyl (C=O) groups is 1. The summed E-state index contributed by atoms with van der Waals surface area (Å²) in [5, 5.41) is 3.64. The van der Waals surface area contributed by atoms with Gasteiger partial charge in [0.1, 0.15) is 0 Å². The second kappa shape index (κ2) is 7.23. The average Bonchev–Trinajstić information content (AvgIpc) is 2.74. The number of amides is 1. The summed E-state index contributed by atoms with van der Waals surface area (Å²) < 4.78 is 11.3. The lowest BCUT2D eigenvalue weighted by molar-refractivity contribution is -0.121. The summed E-state index contributed by atoms with van der Waals surface area (Å²) >= 11 is 6.26. The summed E-state index contributed by atoms with van der Waals surface area (Å²) in [5.41, 5.74) is 0.863. The van der Waals surface area contributed by atoms with Gasteiger partial charge in [-0.05, 0) is 30.5 Å². The van der Waals surface area contributed by atoms with Crippen molar-refractivity contribution in [2.45, 2.75) is 51.0 Å². The lowest BCUT2D eigenvalue weighted by atomic mass is 9.95. The van der Waals surface area contributed by atoms with Crippen LogP contribution in [0.1, 0.15) is 44.1 Å². The summed E-state index contributed by atoms with van der Waals surface area (Å²) in [6.45, 7) is 1.22. The zero-order chi connectivity index (χ0) is 15.4. The number of nitrogens with one attached hydrogen (secondary N) is 1. The largest absolute Gasteiger partial charge is 0.489 e. The van der Waals surface area contributed by atoms with E-state index < -0.39 is 0 Å². The van der Waals surface area contributed by atoms with Gasteiger partial charge in [-0.3, -0.25) is 4.79 Å². The summed E-state index contributed by atoms with van der Waals surface area (Å²) in [7, 11) is 0. The number of rotatable bonds is 3. The number of carbonyl (C=O) groups excluding carboxylic acids is 1. The molecule has 1 fully saturated rings. The van der Waals surface area contributed by atoms with Gasteiger partial charge in [0, 0.05) is 12.5 Å². The van der Waals surface area contributed by atoms with Gasteiger partial charge in [0.15, 0.2) is 11.5 Å². The van der Waals surface area contributed by atoms with Crippen LogP contribution in [-0.2, 0) is 11.2 Å². The molecule has 2 aliphatic rings. The van der Waals surface area contributed by atoms with Crippen molar-refractivity contribution < 1.29 is 14.3 Å². The van der Waals surface area contributed by atoms with Crippen LogP contribution in [0.15, 0.2) is 12.1 Å². The highest BCUT2D eigenvalue weighted by atomic mass is 35.5. The zero-order valence-corrected chi connectivity index (χ0v) is 13.5. The third-order valence-corrected chi connectivity index (χ3v) is 4.48. The molecular formula is C17H22ClNO3. The zero-order valence-electron chi connectivity index (χ0n) is 12.7. The van der Waals surface area contributed by atoms with Crippen molar-refractivity contribution >= 4 is 17.5 Å². The number of benzene rings is 1. The number of ether oxygens (including phenoxy) is 2. The molecule has 0 spiro atoms. The molecule has 5 heteroatoms. The Morgan fingerprint density at radius 1 is 1.14 bits per heavy atom. The van der Waals surface area contributed by atoms with Gasteiger partial charge in [0.25, 0.3) is 0 Å². The molecule has 22 heavy (non-hydrogen) atoms. The second-order valence-corrected chi connectivity index (χ2v) is 6.44. The van der Waals surface area contributed by atoms with Crippen LogP contribution in [0, 0.1) is 0 Å². The molecule has 0 unspecified atom stereocenters. The van der Waals surface area contributed by atoms with Gasteiger partial charge in [-0.25, -0.2) is 0 Å². The van der Waals surface area contributed by atoms with Crippen molar-refractivity contribution in [3.8, 4) is 11.5 Å². The molecule has 120 valence electrons. The van der Waals surface area contributed by atoms with Crippen LogP contribution in [0.25, 0.3) is 0 Å². The molecule has 4 nitrogen and oxygen atoms in total. The molecule has 3 rings (SSSR count). The minimum absolute atomic E-state index is 0.0532. The van der Waals surface area contributed by atoms with E-state index in [0.717, 1.165) is 24.8 Å². The SMILES string of the molecule is O=C(Cc1cc(Cl)c2c(c1)OCCCO2)NC1CCCCC1. The van der Waals surface area contributed by atoms with Crippen LogP contribution in [0.3, 0.4) is 0 Å². The third-order valence-electron chi connectivity index (χ3n) is 4.20. The van der Waals surface area contributed by atoms with E-state index in [0.29, 0.717) is 42.2 Å². The molecule has 0 bridgehead atoms. The molecule has 1 aromatic rings. The Balaban J connectivity index is 1.65. The number of hydrogen-bond donors (Lipinski definition) is 1. The molecule has 1 aliphatic carbocycles. The molecule has 1 saturated carbocycles. The molecular weight excluding hydrogens is 302 g/mol. The molecule has 1 aromatic carbocycles. The Bertz CT molecular complexity index is 541. The quantitative estimate of drug-likeness (QED) is 0.926. The van der Waals surface area contributed by atoms with Crippen molar-refractivity contribution in [3.63, 3.8) is 0 Å². The summed E-state index contributed by atoms with van der Waals surface area (Å²) in [6, 6.07) is 4.00. The van der Waals surface area contributed by atoms with E-state index in [1.807, 2.05) is 6.07 Å².